The first-order valence-electron chi connectivity index (χ1n) is 9.83. The second-order valence-electron chi connectivity index (χ2n) is 8.14. The third-order valence-electron chi connectivity index (χ3n) is 5.64. The Hall–Kier alpha value is -1.86. The highest BCUT2D eigenvalue weighted by molar-refractivity contribution is 7.62. The second-order valence-corrected chi connectivity index (χ2v) is 11.4. The lowest BCUT2D eigenvalue weighted by Crippen LogP contribution is -2.12. The van der Waals surface area contributed by atoms with Gasteiger partial charge < -0.3 is 9.67 Å². The Bertz CT molecular complexity index is 866. The zero-order valence-corrected chi connectivity index (χ0v) is 17.2. The molecular weight excluding hydrogens is 355 g/mol. The van der Waals surface area contributed by atoms with Crippen LogP contribution in [0.25, 0.3) is 11.1 Å². The molecule has 0 radical (unpaired) electrons. The van der Waals surface area contributed by atoms with E-state index in [1.807, 2.05) is 50.0 Å². The minimum absolute atomic E-state index is 0.297. The van der Waals surface area contributed by atoms with Crippen molar-refractivity contribution in [3.63, 3.8) is 0 Å². The van der Waals surface area contributed by atoms with Crippen LogP contribution in [0.15, 0.2) is 42.5 Å². The molecular formula is C23H29O3P. The molecule has 1 aliphatic rings. The molecule has 2 aromatic rings. The molecule has 1 fully saturated rings. The predicted molar refractivity (Wildman–Crippen MR) is 112 cm³/mol. The SMILES string of the molecule is Cc1ccccc1-c1cc(CP(C)(=O)CC2CCCCC2)ccc1C(=O)O. The summed E-state index contributed by atoms with van der Waals surface area (Å²) < 4.78 is 13.3. The first-order valence-corrected chi connectivity index (χ1v) is 12.4. The van der Waals surface area contributed by atoms with Crippen LogP contribution in [0.3, 0.4) is 0 Å². The van der Waals surface area contributed by atoms with E-state index in [-0.39, 0.29) is 0 Å². The lowest BCUT2D eigenvalue weighted by molar-refractivity contribution is 0.0697. The fourth-order valence-electron chi connectivity index (χ4n) is 4.34. The Labute approximate surface area is 162 Å². The highest BCUT2D eigenvalue weighted by atomic mass is 31.2. The number of carboxylic acid groups (broad SMARTS) is 1. The summed E-state index contributed by atoms with van der Waals surface area (Å²) >= 11 is 0. The predicted octanol–water partition coefficient (Wildman–Crippen LogP) is 6.43. The average molecular weight is 384 g/mol. The van der Waals surface area contributed by atoms with Gasteiger partial charge in [-0.05, 0) is 53.9 Å². The van der Waals surface area contributed by atoms with Crippen molar-refractivity contribution in [2.45, 2.75) is 45.2 Å². The summed E-state index contributed by atoms with van der Waals surface area (Å²) in [5.74, 6) is -0.342. The summed E-state index contributed by atoms with van der Waals surface area (Å²) in [5.41, 5.74) is 3.95. The van der Waals surface area contributed by atoms with Crippen LogP contribution in [0.2, 0.25) is 0 Å². The van der Waals surface area contributed by atoms with Crippen molar-refractivity contribution >= 4 is 13.1 Å². The van der Waals surface area contributed by atoms with Gasteiger partial charge in [-0.3, -0.25) is 0 Å². The van der Waals surface area contributed by atoms with Crippen molar-refractivity contribution in [1.29, 1.82) is 0 Å². The minimum Gasteiger partial charge on any atom is -0.478 e. The van der Waals surface area contributed by atoms with Crippen molar-refractivity contribution in [1.82, 2.24) is 0 Å². The van der Waals surface area contributed by atoms with Crippen LogP contribution in [0.5, 0.6) is 0 Å². The topological polar surface area (TPSA) is 54.4 Å². The molecule has 144 valence electrons. The molecule has 2 aromatic carbocycles. The van der Waals surface area contributed by atoms with Crippen LogP contribution in [-0.2, 0) is 10.7 Å². The standard InChI is InChI=1S/C23H29O3P/c1-17-8-6-7-11-20(17)22-14-19(12-13-21(22)23(24)25)16-27(2,26)15-18-9-4-3-5-10-18/h6-8,11-14,18H,3-5,9-10,15-16H2,1-2H3,(H,24,25). The summed E-state index contributed by atoms with van der Waals surface area (Å²) in [7, 11) is -2.29. The molecule has 1 N–H and O–H groups in total. The van der Waals surface area contributed by atoms with Crippen molar-refractivity contribution in [2.24, 2.45) is 5.92 Å². The number of hydrogen-bond acceptors (Lipinski definition) is 2. The monoisotopic (exact) mass is 384 g/mol. The van der Waals surface area contributed by atoms with Gasteiger partial charge in [-0.1, -0.05) is 62.4 Å². The quantitative estimate of drug-likeness (QED) is 0.584. The molecule has 0 spiro atoms. The summed E-state index contributed by atoms with van der Waals surface area (Å²) in [4.78, 5) is 11.7. The first-order chi connectivity index (χ1) is 12.9. The number of aromatic carboxylic acids is 1. The van der Waals surface area contributed by atoms with Gasteiger partial charge in [-0.15, -0.1) is 0 Å². The molecule has 0 aromatic heterocycles. The average Bonchev–Trinajstić information content (AvgIpc) is 2.62. The molecule has 0 aliphatic heterocycles. The summed E-state index contributed by atoms with van der Waals surface area (Å²) in [6, 6.07) is 13.3. The van der Waals surface area contributed by atoms with Gasteiger partial charge in [-0.2, -0.15) is 0 Å². The molecule has 1 unspecified atom stereocenters. The van der Waals surface area contributed by atoms with E-state index >= 15 is 0 Å². The van der Waals surface area contributed by atoms with Gasteiger partial charge in [0.2, 0.25) is 0 Å². The van der Waals surface area contributed by atoms with Gasteiger partial charge >= 0.3 is 5.97 Å². The van der Waals surface area contributed by atoms with E-state index in [9.17, 15) is 14.5 Å². The number of hydrogen-bond donors (Lipinski definition) is 1. The van der Waals surface area contributed by atoms with Gasteiger partial charge in [0.25, 0.3) is 0 Å². The Morgan fingerprint density at radius 1 is 1.07 bits per heavy atom. The molecule has 0 saturated heterocycles. The van der Waals surface area contributed by atoms with Gasteiger partial charge in [0, 0.05) is 12.3 Å². The largest absolute Gasteiger partial charge is 0.478 e. The van der Waals surface area contributed by atoms with Crippen LogP contribution in [0, 0.1) is 12.8 Å². The molecule has 1 aliphatic carbocycles. The van der Waals surface area contributed by atoms with Crippen molar-refractivity contribution in [3.05, 3.63) is 59.2 Å². The Balaban J connectivity index is 1.88. The summed E-state index contributed by atoms with van der Waals surface area (Å²) in [6.45, 7) is 3.90. The Kier molecular flexibility index (Phi) is 6.22. The van der Waals surface area contributed by atoms with Crippen molar-refractivity contribution in [3.8, 4) is 11.1 Å². The number of benzene rings is 2. The second kappa shape index (κ2) is 8.44. The van der Waals surface area contributed by atoms with E-state index in [0.717, 1.165) is 28.4 Å². The van der Waals surface area contributed by atoms with Gasteiger partial charge in [0.1, 0.15) is 0 Å². The fraction of sp³-hybridized carbons (Fsp3) is 0.435. The van der Waals surface area contributed by atoms with E-state index in [1.165, 1.54) is 32.1 Å². The number of aryl methyl sites for hydroxylation is 1. The highest BCUT2D eigenvalue weighted by Gasteiger charge is 2.24. The zero-order valence-electron chi connectivity index (χ0n) is 16.3. The lowest BCUT2D eigenvalue weighted by Gasteiger charge is -2.25. The van der Waals surface area contributed by atoms with Crippen LogP contribution in [0.4, 0.5) is 0 Å². The maximum atomic E-state index is 13.3. The summed E-state index contributed by atoms with van der Waals surface area (Å²) in [5, 5.41) is 9.60. The smallest absolute Gasteiger partial charge is 0.336 e. The number of rotatable bonds is 6. The van der Waals surface area contributed by atoms with Gasteiger partial charge in [-0.25, -0.2) is 4.79 Å². The van der Waals surface area contributed by atoms with Crippen molar-refractivity contribution < 1.29 is 14.5 Å². The molecule has 3 nitrogen and oxygen atoms in total. The number of carbonyl (C=O) groups is 1. The molecule has 0 bridgehead atoms. The molecule has 1 atom stereocenters. The minimum atomic E-state index is -2.29. The number of carboxylic acids is 1. The molecule has 3 rings (SSSR count). The summed E-state index contributed by atoms with van der Waals surface area (Å²) in [6.07, 6.45) is 7.58. The maximum Gasteiger partial charge on any atom is 0.336 e. The fourth-order valence-corrected chi connectivity index (χ4v) is 6.90. The van der Waals surface area contributed by atoms with E-state index in [2.05, 4.69) is 0 Å². The van der Waals surface area contributed by atoms with Crippen LogP contribution in [-0.4, -0.2) is 23.9 Å². The van der Waals surface area contributed by atoms with Crippen molar-refractivity contribution in [2.75, 3.05) is 12.8 Å². The third kappa shape index (κ3) is 5.11. The van der Waals surface area contributed by atoms with E-state index < -0.39 is 13.1 Å². The first kappa shape index (κ1) is 19.9. The van der Waals surface area contributed by atoms with E-state index in [1.54, 1.807) is 6.07 Å². The van der Waals surface area contributed by atoms with Gasteiger partial charge in [0.15, 0.2) is 0 Å². The third-order valence-corrected chi connectivity index (χ3v) is 7.96. The van der Waals surface area contributed by atoms with Crippen LogP contribution in [0.1, 0.15) is 53.6 Å². The lowest BCUT2D eigenvalue weighted by atomic mass is 9.91. The highest BCUT2D eigenvalue weighted by Crippen LogP contribution is 2.49. The Morgan fingerprint density at radius 2 is 1.78 bits per heavy atom. The van der Waals surface area contributed by atoms with E-state index in [4.69, 9.17) is 0 Å². The van der Waals surface area contributed by atoms with Crippen LogP contribution < -0.4 is 0 Å². The Morgan fingerprint density at radius 3 is 2.44 bits per heavy atom. The molecule has 0 heterocycles. The van der Waals surface area contributed by atoms with E-state index in [0.29, 0.717) is 17.6 Å². The zero-order chi connectivity index (χ0) is 19.4. The molecule has 0 amide bonds. The molecule has 4 heteroatoms. The molecule has 1 saturated carbocycles. The maximum absolute atomic E-state index is 13.3. The molecule has 27 heavy (non-hydrogen) atoms. The van der Waals surface area contributed by atoms with Gasteiger partial charge in [0.05, 0.1) is 12.7 Å². The van der Waals surface area contributed by atoms with Crippen LogP contribution >= 0.6 is 7.14 Å². The normalized spacial score (nSPS) is 17.4.